The van der Waals surface area contributed by atoms with E-state index in [1.807, 2.05) is 9.80 Å². The second-order valence-electron chi connectivity index (χ2n) is 8.06. The van der Waals surface area contributed by atoms with Crippen molar-refractivity contribution in [1.82, 2.24) is 19.6 Å². The van der Waals surface area contributed by atoms with Crippen LogP contribution in [0.2, 0.25) is 0 Å². The first-order chi connectivity index (χ1) is 13.8. The number of hydrogen-bond acceptors (Lipinski definition) is 7. The average molecular weight is 413 g/mol. The van der Waals surface area contributed by atoms with Gasteiger partial charge in [-0.15, -0.1) is 0 Å². The predicted molar refractivity (Wildman–Crippen MR) is 110 cm³/mol. The molecular weight excluding hydrogens is 376 g/mol. The van der Waals surface area contributed by atoms with Gasteiger partial charge in [-0.05, 0) is 32.4 Å². The fourth-order valence-corrected chi connectivity index (χ4v) is 4.17. The van der Waals surface area contributed by atoms with E-state index in [1.54, 1.807) is 0 Å². The molecule has 0 amide bonds. The second-order valence-corrected chi connectivity index (χ2v) is 8.06. The van der Waals surface area contributed by atoms with Crippen LogP contribution in [0.25, 0.3) is 0 Å². The van der Waals surface area contributed by atoms with Crippen LogP contribution in [0, 0.1) is 0 Å². The maximum atomic E-state index is 11.8. The average Bonchev–Trinajstić information content (AvgIpc) is 2.65. The van der Waals surface area contributed by atoms with E-state index in [0.717, 1.165) is 65.2 Å². The van der Waals surface area contributed by atoms with E-state index in [2.05, 4.69) is 16.4 Å². The van der Waals surface area contributed by atoms with Gasteiger partial charge in [0, 0.05) is 58.8 Å². The van der Waals surface area contributed by atoms with Crippen molar-refractivity contribution in [3.8, 4) is 0 Å². The Hall–Kier alpha value is -1.68. The van der Waals surface area contributed by atoms with Gasteiger partial charge in [-0.1, -0.05) is 6.58 Å². The van der Waals surface area contributed by atoms with Gasteiger partial charge in [0.1, 0.15) is 6.04 Å². The molecule has 2 fully saturated rings. The molecule has 0 aromatic rings. The summed E-state index contributed by atoms with van der Waals surface area (Å²) >= 11 is 0. The van der Waals surface area contributed by atoms with Crippen LogP contribution in [-0.4, -0.2) is 125 Å². The molecule has 0 spiro atoms. The van der Waals surface area contributed by atoms with Crippen molar-refractivity contribution in [2.75, 3.05) is 72.0 Å². The minimum Gasteiger partial charge on any atom is -0.513 e. The summed E-state index contributed by atoms with van der Waals surface area (Å²) in [6, 6.07) is -0.618. The van der Waals surface area contributed by atoms with Crippen LogP contribution >= 0.6 is 0 Å². The van der Waals surface area contributed by atoms with Crippen molar-refractivity contribution in [3.05, 3.63) is 12.3 Å². The summed E-state index contributed by atoms with van der Waals surface area (Å²) in [6.07, 6.45) is 2.42. The van der Waals surface area contributed by atoms with Gasteiger partial charge >= 0.3 is 11.9 Å². The van der Waals surface area contributed by atoms with Gasteiger partial charge in [0.15, 0.2) is 0 Å². The molecule has 9 heteroatoms. The lowest BCUT2D eigenvalue weighted by atomic mass is 10.1. The van der Waals surface area contributed by atoms with Crippen LogP contribution in [0.5, 0.6) is 0 Å². The molecular formula is C20H36N4O5. The maximum Gasteiger partial charge on any atom is 0.320 e. The van der Waals surface area contributed by atoms with E-state index < -0.39 is 18.0 Å². The van der Waals surface area contributed by atoms with Crippen LogP contribution in [0.3, 0.4) is 0 Å². The van der Waals surface area contributed by atoms with Gasteiger partial charge in [-0.25, -0.2) is 0 Å². The van der Waals surface area contributed by atoms with E-state index in [1.165, 1.54) is 0 Å². The summed E-state index contributed by atoms with van der Waals surface area (Å²) in [7, 11) is 0. The number of rotatable bonds is 7. The van der Waals surface area contributed by atoms with Crippen LogP contribution < -0.4 is 0 Å². The molecule has 166 valence electrons. The third kappa shape index (κ3) is 8.69. The summed E-state index contributed by atoms with van der Waals surface area (Å²) in [5.74, 6) is -1.61. The normalized spacial score (nSPS) is 26.5. The van der Waals surface area contributed by atoms with Gasteiger partial charge in [0.05, 0.1) is 12.3 Å². The molecule has 0 aliphatic carbocycles. The molecule has 0 saturated carbocycles. The molecule has 2 aliphatic heterocycles. The number of aliphatic hydroxyl groups excluding tert-OH is 1. The monoisotopic (exact) mass is 412 g/mol. The Morgan fingerprint density at radius 1 is 0.793 bits per heavy atom. The molecule has 2 aliphatic rings. The zero-order valence-electron chi connectivity index (χ0n) is 17.3. The number of carbonyl (C=O) groups is 2. The molecule has 2 rings (SSSR count). The van der Waals surface area contributed by atoms with Crippen molar-refractivity contribution in [2.24, 2.45) is 0 Å². The van der Waals surface area contributed by atoms with Crippen molar-refractivity contribution in [2.45, 2.75) is 31.7 Å². The molecule has 2 bridgehead atoms. The highest BCUT2D eigenvalue weighted by molar-refractivity contribution is 5.73. The molecule has 29 heavy (non-hydrogen) atoms. The smallest absolute Gasteiger partial charge is 0.320 e. The fraction of sp³-hybridized carbons (Fsp3) is 0.800. The van der Waals surface area contributed by atoms with Crippen molar-refractivity contribution in [1.29, 1.82) is 0 Å². The third-order valence-corrected chi connectivity index (χ3v) is 5.83. The quantitative estimate of drug-likeness (QED) is 0.512. The lowest BCUT2D eigenvalue weighted by Gasteiger charge is -2.37. The Kier molecular flexibility index (Phi) is 9.86. The number of nitrogens with zero attached hydrogens (tertiary/aromatic N) is 4. The van der Waals surface area contributed by atoms with E-state index in [0.29, 0.717) is 25.9 Å². The summed E-state index contributed by atoms with van der Waals surface area (Å²) in [5.41, 5.74) is 0. The molecule has 0 radical (unpaired) electrons. The Balaban J connectivity index is 2.04. The van der Waals surface area contributed by atoms with Crippen molar-refractivity contribution >= 4 is 11.9 Å². The zero-order valence-corrected chi connectivity index (χ0v) is 17.3. The Morgan fingerprint density at radius 2 is 1.38 bits per heavy atom. The highest BCUT2D eigenvalue weighted by atomic mass is 16.4. The number of allylic oxidation sites excluding steroid dienone is 1. The van der Waals surface area contributed by atoms with Gasteiger partial charge in [-0.2, -0.15) is 0 Å². The first-order valence-electron chi connectivity index (χ1n) is 10.6. The summed E-state index contributed by atoms with van der Waals surface area (Å²) in [6.45, 7) is 11.7. The summed E-state index contributed by atoms with van der Waals surface area (Å²) in [5, 5.41) is 28.2. The van der Waals surface area contributed by atoms with Gasteiger partial charge in [-0.3, -0.25) is 19.4 Å². The summed E-state index contributed by atoms with van der Waals surface area (Å²) < 4.78 is 0. The standard InChI is InChI=1S/C20H36N4O5/c1-17(25)4-5-18(20(28)29)24-9-3-7-21-10-11-22(14-15-24)6-2-8-23(13-12-21)16-19(26)27/h18,25H,1-16H2,(H,26,27)(H,28,29). The Morgan fingerprint density at radius 3 is 1.97 bits per heavy atom. The molecule has 2 saturated heterocycles. The molecule has 3 unspecified atom stereocenters. The highest BCUT2D eigenvalue weighted by Crippen LogP contribution is 2.14. The van der Waals surface area contributed by atoms with Crippen LogP contribution in [0.4, 0.5) is 0 Å². The van der Waals surface area contributed by atoms with E-state index in [-0.39, 0.29) is 12.3 Å². The third-order valence-electron chi connectivity index (χ3n) is 5.83. The lowest BCUT2D eigenvalue weighted by molar-refractivity contribution is -0.144. The molecule has 2 heterocycles. The van der Waals surface area contributed by atoms with E-state index >= 15 is 0 Å². The number of aliphatic hydroxyl groups is 1. The number of carboxylic acid groups (broad SMARTS) is 2. The second kappa shape index (κ2) is 12.1. The van der Waals surface area contributed by atoms with Crippen molar-refractivity contribution in [3.63, 3.8) is 0 Å². The first kappa shape index (κ1) is 23.6. The van der Waals surface area contributed by atoms with E-state index in [9.17, 15) is 19.8 Å². The zero-order chi connectivity index (χ0) is 21.2. The number of fused-ring (bicyclic) bond motifs is 3. The Bertz CT molecular complexity index is 559. The van der Waals surface area contributed by atoms with Crippen LogP contribution in [0.15, 0.2) is 12.3 Å². The number of carboxylic acids is 2. The number of hydrogen-bond donors (Lipinski definition) is 3. The minimum absolute atomic E-state index is 0.0261. The molecule has 3 atom stereocenters. The summed E-state index contributed by atoms with van der Waals surface area (Å²) in [4.78, 5) is 31.7. The number of aliphatic carboxylic acids is 2. The molecule has 9 nitrogen and oxygen atoms in total. The highest BCUT2D eigenvalue weighted by Gasteiger charge is 2.27. The lowest BCUT2D eigenvalue weighted by Crippen LogP contribution is -2.50. The van der Waals surface area contributed by atoms with Gasteiger partial charge in [0.2, 0.25) is 0 Å². The first-order valence-corrected chi connectivity index (χ1v) is 10.6. The van der Waals surface area contributed by atoms with Crippen molar-refractivity contribution < 1.29 is 24.9 Å². The predicted octanol–water partition coefficient (Wildman–Crippen LogP) is 0.392. The molecule has 0 aromatic carbocycles. The largest absolute Gasteiger partial charge is 0.513 e. The van der Waals surface area contributed by atoms with Gasteiger partial charge in [0.25, 0.3) is 0 Å². The van der Waals surface area contributed by atoms with Gasteiger partial charge < -0.3 is 25.1 Å². The topological polar surface area (TPSA) is 108 Å². The minimum atomic E-state index is -0.850. The fourth-order valence-electron chi connectivity index (χ4n) is 4.17. The van der Waals surface area contributed by atoms with Crippen LogP contribution in [0.1, 0.15) is 25.7 Å². The Labute approximate surface area is 173 Å². The van der Waals surface area contributed by atoms with Crippen LogP contribution in [-0.2, 0) is 9.59 Å². The SMILES string of the molecule is C=C(O)CCC(C(=O)O)N1CCCN2CCN(CCCN(CC(=O)O)CC2)CC1. The maximum absolute atomic E-state index is 11.8. The van der Waals surface area contributed by atoms with E-state index in [4.69, 9.17) is 5.11 Å². The molecule has 3 N–H and O–H groups in total. The molecule has 0 aromatic heterocycles.